The van der Waals surface area contributed by atoms with E-state index >= 15 is 0 Å². The number of alkyl halides is 3. The monoisotopic (exact) mass is 400 g/mol. The van der Waals surface area contributed by atoms with Gasteiger partial charge < -0.3 is 16.6 Å². The molecule has 2 rings (SSSR count). The number of aliphatic imine (C=N–C) groups is 1. The summed E-state index contributed by atoms with van der Waals surface area (Å²) in [5.74, 6) is -0.473. The van der Waals surface area contributed by atoms with E-state index in [2.05, 4.69) is 4.99 Å². The van der Waals surface area contributed by atoms with Crippen molar-refractivity contribution in [3.8, 4) is 5.75 Å². The summed E-state index contributed by atoms with van der Waals surface area (Å²) in [4.78, 5) is 6.20. The normalized spacial score (nSPS) is 17.9. The summed E-state index contributed by atoms with van der Waals surface area (Å²) in [6.07, 6.45) is -1.89. The molecule has 0 amide bonds. The van der Waals surface area contributed by atoms with Gasteiger partial charge in [-0.1, -0.05) is 33.8 Å². The summed E-state index contributed by atoms with van der Waals surface area (Å²) >= 11 is 0. The predicted octanol–water partition coefficient (Wildman–Crippen LogP) is 4.55. The third-order valence-corrected chi connectivity index (χ3v) is 3.57. The van der Waals surface area contributed by atoms with Crippen molar-refractivity contribution in [1.29, 1.82) is 0 Å². The lowest BCUT2D eigenvalue weighted by atomic mass is 10.1. The number of benzene rings is 1. The van der Waals surface area contributed by atoms with Gasteiger partial charge in [-0.3, -0.25) is 9.89 Å². The summed E-state index contributed by atoms with van der Waals surface area (Å²) in [5.41, 5.74) is 12.3. The lowest BCUT2D eigenvalue weighted by Crippen LogP contribution is -2.23. The van der Waals surface area contributed by atoms with E-state index in [1.807, 2.05) is 27.7 Å². The molecular formula is C20H31F3N4O. The third-order valence-electron chi connectivity index (χ3n) is 3.57. The summed E-state index contributed by atoms with van der Waals surface area (Å²) < 4.78 is 38.2. The first-order chi connectivity index (χ1) is 13.1. The molecule has 0 radical (unpaired) electrons. The Kier molecular flexibility index (Phi) is 10.4. The molecule has 158 valence electrons. The number of rotatable bonds is 2. The van der Waals surface area contributed by atoms with E-state index in [1.165, 1.54) is 6.07 Å². The lowest BCUT2D eigenvalue weighted by Gasteiger charge is -2.24. The predicted molar refractivity (Wildman–Crippen MR) is 109 cm³/mol. The maximum atomic E-state index is 12.7. The Labute approximate surface area is 165 Å². The minimum absolute atomic E-state index is 0.258. The zero-order chi connectivity index (χ0) is 22.1. The number of likely N-dealkylation sites (N-methyl/N-ethyl adjacent to an activating group) is 1. The number of halogens is 3. The van der Waals surface area contributed by atoms with Crippen LogP contribution in [0.3, 0.4) is 0 Å². The first-order valence-electron chi connectivity index (χ1n) is 9.17. The summed E-state index contributed by atoms with van der Waals surface area (Å²) in [6, 6.07) is 2.84. The molecule has 0 aromatic heterocycles. The first-order valence-corrected chi connectivity index (χ1v) is 9.17. The van der Waals surface area contributed by atoms with E-state index in [-0.39, 0.29) is 5.56 Å². The highest BCUT2D eigenvalue weighted by Gasteiger charge is 2.32. The highest BCUT2D eigenvalue weighted by atomic mass is 19.4. The molecule has 5 nitrogen and oxygen atoms in total. The molecule has 5 N–H and O–H groups in total. The Bertz CT molecular complexity index is 721. The smallest absolute Gasteiger partial charge is 0.416 e. The second kappa shape index (κ2) is 11.4. The van der Waals surface area contributed by atoms with Crippen LogP contribution < -0.4 is 11.5 Å². The molecule has 28 heavy (non-hydrogen) atoms. The van der Waals surface area contributed by atoms with Crippen molar-refractivity contribution in [2.45, 2.75) is 47.0 Å². The van der Waals surface area contributed by atoms with E-state index in [9.17, 15) is 18.3 Å². The lowest BCUT2D eigenvalue weighted by molar-refractivity contribution is -0.137. The summed E-state index contributed by atoms with van der Waals surface area (Å²) in [7, 11) is 1.73. The van der Waals surface area contributed by atoms with Crippen LogP contribution in [0.5, 0.6) is 5.75 Å². The van der Waals surface area contributed by atoms with Crippen molar-refractivity contribution in [3.05, 3.63) is 52.9 Å². The van der Waals surface area contributed by atoms with Crippen molar-refractivity contribution in [2.24, 2.45) is 16.5 Å². The number of aromatic hydroxyl groups is 1. The van der Waals surface area contributed by atoms with Crippen LogP contribution in [0, 0.1) is 0 Å². The van der Waals surface area contributed by atoms with E-state index in [4.69, 9.17) is 11.5 Å². The molecule has 0 fully saturated rings. The fourth-order valence-corrected chi connectivity index (χ4v) is 2.33. The zero-order valence-corrected chi connectivity index (χ0v) is 17.3. The van der Waals surface area contributed by atoms with E-state index < -0.39 is 23.7 Å². The maximum Gasteiger partial charge on any atom is 0.416 e. The fourth-order valence-electron chi connectivity index (χ4n) is 2.33. The number of phenolic OH excluding ortho intramolecular Hbond substituents is 1. The molecule has 0 saturated heterocycles. The van der Waals surface area contributed by atoms with Gasteiger partial charge in [-0.25, -0.2) is 0 Å². The Balaban J connectivity index is 0.00000171. The van der Waals surface area contributed by atoms with Gasteiger partial charge in [-0.2, -0.15) is 13.2 Å². The van der Waals surface area contributed by atoms with Gasteiger partial charge >= 0.3 is 6.18 Å². The zero-order valence-electron chi connectivity index (χ0n) is 17.3. The number of nitrogens with two attached hydrogens (primary N) is 2. The van der Waals surface area contributed by atoms with E-state index in [0.717, 1.165) is 6.07 Å². The van der Waals surface area contributed by atoms with Crippen molar-refractivity contribution in [1.82, 2.24) is 4.90 Å². The Hall–Kier alpha value is -2.48. The van der Waals surface area contributed by atoms with Crippen LogP contribution in [-0.2, 0) is 6.18 Å². The standard InChI is InChI=1S/C16H19F3N4O.2C2H6/c1-9(20)7-13-12(21)5-6-23(2)15(22-13)11-4-3-10(8-14(11)24)16(17,18)19;2*1-2/h3-5,7-8,15,24H,6,20-21H2,1-2H3;2*1-2H3/b9-7-;;. The number of hydrogen-bond donors (Lipinski definition) is 3. The Morgan fingerprint density at radius 2 is 1.82 bits per heavy atom. The molecular weight excluding hydrogens is 369 g/mol. The summed E-state index contributed by atoms with van der Waals surface area (Å²) in [5, 5.41) is 10.1. The van der Waals surface area contributed by atoms with Crippen LogP contribution in [-0.4, -0.2) is 29.3 Å². The minimum Gasteiger partial charge on any atom is -0.508 e. The van der Waals surface area contributed by atoms with Gasteiger partial charge in [0.15, 0.2) is 0 Å². The SMILES string of the molecule is C/C(N)=C/C1=NC(c2ccc(C(F)(F)F)cc2O)N(C)CC=C1N.CC.CC. The molecule has 1 aromatic carbocycles. The second-order valence-electron chi connectivity index (χ2n) is 5.65. The van der Waals surface area contributed by atoms with Gasteiger partial charge in [0.25, 0.3) is 0 Å². The molecule has 0 aliphatic carbocycles. The van der Waals surface area contributed by atoms with Crippen LogP contribution in [0.4, 0.5) is 13.2 Å². The molecule has 1 heterocycles. The average Bonchev–Trinajstić information content (AvgIpc) is 2.77. The number of nitrogens with zero attached hydrogens (tertiary/aromatic N) is 2. The average molecular weight is 400 g/mol. The van der Waals surface area contributed by atoms with Crippen LogP contribution in [0.25, 0.3) is 0 Å². The quantitative estimate of drug-likeness (QED) is 0.679. The Morgan fingerprint density at radius 1 is 1.25 bits per heavy atom. The van der Waals surface area contributed by atoms with Crippen molar-refractivity contribution in [3.63, 3.8) is 0 Å². The summed E-state index contributed by atoms with van der Waals surface area (Å²) in [6.45, 7) is 10.1. The molecule has 0 saturated carbocycles. The van der Waals surface area contributed by atoms with Crippen molar-refractivity contribution >= 4 is 5.71 Å². The minimum atomic E-state index is -4.52. The highest BCUT2D eigenvalue weighted by Crippen LogP contribution is 2.36. The van der Waals surface area contributed by atoms with Gasteiger partial charge in [0, 0.05) is 17.8 Å². The van der Waals surface area contributed by atoms with Gasteiger partial charge in [0.1, 0.15) is 11.9 Å². The van der Waals surface area contributed by atoms with Crippen LogP contribution >= 0.6 is 0 Å². The van der Waals surface area contributed by atoms with Gasteiger partial charge in [0.05, 0.1) is 17.0 Å². The number of allylic oxidation sites excluding steroid dienone is 2. The van der Waals surface area contributed by atoms with Crippen LogP contribution in [0.2, 0.25) is 0 Å². The van der Waals surface area contributed by atoms with Gasteiger partial charge in [-0.15, -0.1) is 0 Å². The highest BCUT2D eigenvalue weighted by molar-refractivity contribution is 6.08. The number of hydrogen-bond acceptors (Lipinski definition) is 5. The molecule has 0 bridgehead atoms. The van der Waals surface area contributed by atoms with Crippen LogP contribution in [0.1, 0.15) is 51.9 Å². The molecule has 1 atom stereocenters. The molecule has 1 aromatic rings. The molecule has 1 aliphatic rings. The third kappa shape index (κ3) is 6.92. The van der Waals surface area contributed by atoms with Crippen molar-refractivity contribution in [2.75, 3.05) is 13.6 Å². The largest absolute Gasteiger partial charge is 0.508 e. The Morgan fingerprint density at radius 3 is 2.29 bits per heavy atom. The second-order valence-corrected chi connectivity index (χ2v) is 5.65. The first kappa shape index (κ1) is 25.5. The number of phenols is 1. The van der Waals surface area contributed by atoms with E-state index in [0.29, 0.717) is 29.7 Å². The topological polar surface area (TPSA) is 87.9 Å². The van der Waals surface area contributed by atoms with Gasteiger partial charge in [-0.05, 0) is 38.3 Å². The van der Waals surface area contributed by atoms with Crippen molar-refractivity contribution < 1.29 is 18.3 Å². The molecule has 1 aliphatic heterocycles. The maximum absolute atomic E-state index is 12.7. The molecule has 0 spiro atoms. The van der Waals surface area contributed by atoms with Gasteiger partial charge in [0.2, 0.25) is 0 Å². The molecule has 1 unspecified atom stereocenters. The van der Waals surface area contributed by atoms with Crippen LogP contribution in [0.15, 0.2) is 46.7 Å². The fraction of sp³-hybridized carbons (Fsp3) is 0.450. The van der Waals surface area contributed by atoms with E-state index in [1.54, 1.807) is 31.0 Å². The molecule has 8 heteroatoms.